The molecule has 1 aliphatic rings. The Morgan fingerprint density at radius 3 is 2.59 bits per heavy atom. The van der Waals surface area contributed by atoms with Crippen LogP contribution in [0.3, 0.4) is 0 Å². The van der Waals surface area contributed by atoms with Gasteiger partial charge in [0.15, 0.2) is 5.69 Å². The van der Waals surface area contributed by atoms with E-state index in [2.05, 4.69) is 10.4 Å². The molecule has 0 spiro atoms. The summed E-state index contributed by atoms with van der Waals surface area (Å²) < 4.78 is 14.8. The first kappa shape index (κ1) is 18.9. The van der Waals surface area contributed by atoms with E-state index in [-0.39, 0.29) is 30.1 Å². The minimum atomic E-state index is -0.359. The number of aryl methyl sites for hydroxylation is 1. The van der Waals surface area contributed by atoms with E-state index < -0.39 is 0 Å². The third-order valence-corrected chi connectivity index (χ3v) is 5.05. The molecule has 2 heterocycles. The molecule has 4 rings (SSSR count). The molecule has 2 aromatic carbocycles. The summed E-state index contributed by atoms with van der Waals surface area (Å²) in [5.74, 6) is -0.649. The molecule has 0 aliphatic carbocycles. The number of benzene rings is 2. The maximum atomic E-state index is 13.3. The third kappa shape index (κ3) is 3.89. The monoisotopic (exact) mass is 392 g/mol. The Balaban J connectivity index is 1.67. The van der Waals surface area contributed by atoms with Gasteiger partial charge in [-0.1, -0.05) is 30.3 Å². The average molecular weight is 392 g/mol. The Kier molecular flexibility index (Phi) is 5.12. The zero-order valence-electron chi connectivity index (χ0n) is 16.0. The number of halogens is 1. The van der Waals surface area contributed by atoms with E-state index >= 15 is 0 Å². The molecule has 2 amide bonds. The minimum absolute atomic E-state index is 0.0813. The molecule has 1 aromatic heterocycles. The summed E-state index contributed by atoms with van der Waals surface area (Å²) in [6.07, 6.45) is 0.202. The largest absolute Gasteiger partial charge is 0.354 e. The number of hydrogen-bond donors (Lipinski definition) is 1. The lowest BCUT2D eigenvalue weighted by Gasteiger charge is -2.29. The van der Waals surface area contributed by atoms with Crippen LogP contribution in [-0.2, 0) is 4.79 Å². The van der Waals surface area contributed by atoms with Gasteiger partial charge in [0.2, 0.25) is 5.91 Å². The molecular formula is C22H21FN4O2. The van der Waals surface area contributed by atoms with E-state index in [1.807, 2.05) is 37.3 Å². The smallest absolute Gasteiger partial charge is 0.274 e. The van der Waals surface area contributed by atoms with Crippen LogP contribution >= 0.6 is 0 Å². The van der Waals surface area contributed by atoms with E-state index in [1.54, 1.807) is 27.8 Å². The first-order valence-corrected chi connectivity index (χ1v) is 9.48. The van der Waals surface area contributed by atoms with E-state index in [1.165, 1.54) is 12.1 Å². The molecule has 3 aromatic rings. The first-order chi connectivity index (χ1) is 14.0. The quantitative estimate of drug-likeness (QED) is 0.745. The average Bonchev–Trinajstić information content (AvgIpc) is 3.01. The molecule has 1 saturated heterocycles. The van der Waals surface area contributed by atoms with Crippen LogP contribution in [0.25, 0.3) is 5.69 Å². The molecular weight excluding hydrogens is 371 g/mol. The van der Waals surface area contributed by atoms with Crippen molar-refractivity contribution in [1.82, 2.24) is 20.0 Å². The molecule has 0 radical (unpaired) electrons. The van der Waals surface area contributed by atoms with Gasteiger partial charge in [-0.25, -0.2) is 9.07 Å². The van der Waals surface area contributed by atoms with Crippen molar-refractivity contribution < 1.29 is 14.0 Å². The predicted molar refractivity (Wildman–Crippen MR) is 106 cm³/mol. The first-order valence-electron chi connectivity index (χ1n) is 9.48. The van der Waals surface area contributed by atoms with Gasteiger partial charge in [-0.05, 0) is 42.8 Å². The SMILES string of the molecule is Cc1cc(C(=O)N2CCNC(=O)C[C@@H]2c2ccccc2)nn1-c1ccc(F)cc1. The summed E-state index contributed by atoms with van der Waals surface area (Å²) in [4.78, 5) is 27.2. The highest BCUT2D eigenvalue weighted by molar-refractivity contribution is 5.93. The summed E-state index contributed by atoms with van der Waals surface area (Å²) >= 11 is 0. The molecule has 0 unspecified atom stereocenters. The van der Waals surface area contributed by atoms with Gasteiger partial charge >= 0.3 is 0 Å². The van der Waals surface area contributed by atoms with Gasteiger partial charge in [-0.2, -0.15) is 5.10 Å². The van der Waals surface area contributed by atoms with Crippen molar-refractivity contribution >= 4 is 11.8 Å². The van der Waals surface area contributed by atoms with Crippen LogP contribution in [-0.4, -0.2) is 39.6 Å². The van der Waals surface area contributed by atoms with Crippen LogP contribution < -0.4 is 5.32 Å². The van der Waals surface area contributed by atoms with Crippen molar-refractivity contribution in [1.29, 1.82) is 0 Å². The molecule has 0 bridgehead atoms. The zero-order valence-corrected chi connectivity index (χ0v) is 16.0. The van der Waals surface area contributed by atoms with Gasteiger partial charge in [0.1, 0.15) is 5.82 Å². The van der Waals surface area contributed by atoms with E-state index in [0.29, 0.717) is 24.5 Å². The molecule has 1 atom stereocenters. The van der Waals surface area contributed by atoms with E-state index in [9.17, 15) is 14.0 Å². The van der Waals surface area contributed by atoms with Gasteiger partial charge in [0.25, 0.3) is 5.91 Å². The number of nitrogens with zero attached hydrogens (tertiary/aromatic N) is 3. The Labute approximate surface area is 167 Å². The van der Waals surface area contributed by atoms with Crippen LogP contribution in [0.15, 0.2) is 60.7 Å². The number of nitrogens with one attached hydrogen (secondary N) is 1. The van der Waals surface area contributed by atoms with Crippen molar-refractivity contribution in [3.63, 3.8) is 0 Å². The molecule has 0 saturated carbocycles. The Hall–Kier alpha value is -3.48. The van der Waals surface area contributed by atoms with Gasteiger partial charge < -0.3 is 10.2 Å². The summed E-state index contributed by atoms with van der Waals surface area (Å²) in [5.41, 5.74) is 2.64. The van der Waals surface area contributed by atoms with Crippen LogP contribution in [0, 0.1) is 12.7 Å². The van der Waals surface area contributed by atoms with Crippen LogP contribution in [0.5, 0.6) is 0 Å². The van der Waals surface area contributed by atoms with Crippen molar-refractivity contribution in [2.75, 3.05) is 13.1 Å². The highest BCUT2D eigenvalue weighted by atomic mass is 19.1. The number of amides is 2. The van der Waals surface area contributed by atoms with Crippen molar-refractivity contribution in [2.24, 2.45) is 0 Å². The summed E-state index contributed by atoms with van der Waals surface area (Å²) in [5, 5.41) is 7.29. The molecule has 7 heteroatoms. The predicted octanol–water partition coefficient (Wildman–Crippen LogP) is 3.02. The second kappa shape index (κ2) is 7.87. The number of carbonyl (C=O) groups excluding carboxylic acids is 2. The molecule has 29 heavy (non-hydrogen) atoms. The summed E-state index contributed by atoms with van der Waals surface area (Å²) in [6, 6.07) is 16.8. The normalized spacial score (nSPS) is 17.0. The second-order valence-electron chi connectivity index (χ2n) is 7.04. The molecule has 1 fully saturated rings. The van der Waals surface area contributed by atoms with Crippen LogP contribution in [0.4, 0.5) is 4.39 Å². The zero-order chi connectivity index (χ0) is 20.4. The van der Waals surface area contributed by atoms with E-state index in [4.69, 9.17) is 0 Å². The summed E-state index contributed by atoms with van der Waals surface area (Å²) in [6.45, 7) is 2.63. The fourth-order valence-electron chi connectivity index (χ4n) is 3.62. The highest BCUT2D eigenvalue weighted by Crippen LogP contribution is 2.27. The Bertz CT molecular complexity index is 1030. The maximum Gasteiger partial charge on any atom is 0.274 e. The highest BCUT2D eigenvalue weighted by Gasteiger charge is 2.31. The van der Waals surface area contributed by atoms with Gasteiger partial charge in [-0.15, -0.1) is 0 Å². The van der Waals surface area contributed by atoms with Crippen molar-refractivity contribution in [3.05, 3.63) is 83.4 Å². The minimum Gasteiger partial charge on any atom is -0.354 e. The topological polar surface area (TPSA) is 67.2 Å². The van der Waals surface area contributed by atoms with Crippen molar-refractivity contribution in [3.8, 4) is 5.69 Å². The van der Waals surface area contributed by atoms with Gasteiger partial charge in [-0.3, -0.25) is 9.59 Å². The second-order valence-corrected chi connectivity index (χ2v) is 7.04. The van der Waals surface area contributed by atoms with Gasteiger partial charge in [0, 0.05) is 18.8 Å². The fraction of sp³-hybridized carbons (Fsp3) is 0.227. The third-order valence-electron chi connectivity index (χ3n) is 5.05. The number of hydrogen-bond acceptors (Lipinski definition) is 3. The van der Waals surface area contributed by atoms with Crippen LogP contribution in [0.2, 0.25) is 0 Å². The standard InChI is InChI=1S/C22H21FN4O2/c1-15-13-19(25-27(15)18-9-7-17(23)8-10-18)22(29)26-12-11-24-21(28)14-20(26)16-5-3-2-4-6-16/h2-10,13,20H,11-12,14H2,1H3,(H,24,28)/t20-/m1/s1. The van der Waals surface area contributed by atoms with Crippen LogP contribution in [0.1, 0.15) is 34.2 Å². The molecule has 148 valence electrons. The maximum absolute atomic E-state index is 13.3. The Morgan fingerprint density at radius 2 is 1.86 bits per heavy atom. The molecule has 1 aliphatic heterocycles. The fourth-order valence-corrected chi connectivity index (χ4v) is 3.62. The van der Waals surface area contributed by atoms with Gasteiger partial charge in [0.05, 0.1) is 18.2 Å². The number of aromatic nitrogens is 2. The number of carbonyl (C=O) groups is 2. The number of rotatable bonds is 3. The summed E-state index contributed by atoms with van der Waals surface area (Å²) in [7, 11) is 0. The lowest BCUT2D eigenvalue weighted by molar-refractivity contribution is -0.121. The Morgan fingerprint density at radius 1 is 1.14 bits per heavy atom. The molecule has 1 N–H and O–H groups in total. The lowest BCUT2D eigenvalue weighted by Crippen LogP contribution is -2.36. The van der Waals surface area contributed by atoms with E-state index in [0.717, 1.165) is 11.3 Å². The van der Waals surface area contributed by atoms with Crippen molar-refractivity contribution in [2.45, 2.75) is 19.4 Å². The molecule has 6 nitrogen and oxygen atoms in total. The lowest BCUT2D eigenvalue weighted by atomic mass is 10.0.